The van der Waals surface area contributed by atoms with Crippen LogP contribution in [0.25, 0.3) is 6.08 Å². The second-order valence-electron chi connectivity index (χ2n) is 6.64. The van der Waals surface area contributed by atoms with Crippen molar-refractivity contribution in [1.29, 1.82) is 0 Å². The minimum Gasteiger partial charge on any atom is -0.496 e. The smallest absolute Gasteiger partial charge is 0.343 e. The topological polar surface area (TPSA) is 61.8 Å². The number of hydrogen-bond donors (Lipinski definition) is 0. The van der Waals surface area contributed by atoms with Gasteiger partial charge in [0, 0.05) is 16.1 Å². The summed E-state index contributed by atoms with van der Waals surface area (Å²) in [4.78, 5) is 25.2. The third-order valence-electron chi connectivity index (χ3n) is 4.74. The van der Waals surface area contributed by atoms with Gasteiger partial charge in [-0.25, -0.2) is 4.79 Å². The second kappa shape index (κ2) is 8.05. The molecule has 0 aliphatic carbocycles. The van der Waals surface area contributed by atoms with Crippen LogP contribution in [0.15, 0.2) is 66.4 Å². The minimum absolute atomic E-state index is 0.179. The Balaban J connectivity index is 1.62. The zero-order valence-electron chi connectivity index (χ0n) is 16.3. The average Bonchev–Trinajstić information content (AvgIpc) is 3.07. The van der Waals surface area contributed by atoms with Crippen molar-refractivity contribution in [1.82, 2.24) is 0 Å². The molecule has 4 rings (SSSR count). The monoisotopic (exact) mass is 420 g/mol. The number of carbonyl (C=O) groups is 2. The van der Waals surface area contributed by atoms with Crippen LogP contribution in [-0.2, 0) is 0 Å². The summed E-state index contributed by atoms with van der Waals surface area (Å²) in [5.41, 5.74) is 2.07. The van der Waals surface area contributed by atoms with E-state index in [1.165, 1.54) is 0 Å². The van der Waals surface area contributed by atoms with Crippen LogP contribution in [0.2, 0.25) is 5.02 Å². The number of methoxy groups -OCH3 is 1. The first kappa shape index (κ1) is 19.7. The number of fused-ring (bicyclic) bond motifs is 1. The van der Waals surface area contributed by atoms with Gasteiger partial charge in [-0.1, -0.05) is 29.8 Å². The lowest BCUT2D eigenvalue weighted by molar-refractivity contribution is 0.0733. The Hall–Kier alpha value is -3.57. The molecule has 1 aliphatic heterocycles. The summed E-state index contributed by atoms with van der Waals surface area (Å²) in [5, 5.41) is 0.529. The molecule has 6 heteroatoms. The number of halogens is 1. The third kappa shape index (κ3) is 3.67. The molecule has 0 N–H and O–H groups in total. The minimum atomic E-state index is -0.524. The molecule has 0 radical (unpaired) electrons. The molecule has 0 unspecified atom stereocenters. The fourth-order valence-corrected chi connectivity index (χ4v) is 3.28. The van der Waals surface area contributed by atoms with E-state index in [0.717, 1.165) is 5.56 Å². The molecule has 3 aromatic carbocycles. The Morgan fingerprint density at radius 1 is 1.00 bits per heavy atom. The summed E-state index contributed by atoms with van der Waals surface area (Å²) in [6.45, 7) is 1.74. The van der Waals surface area contributed by atoms with E-state index >= 15 is 0 Å². The van der Waals surface area contributed by atoms with Crippen LogP contribution >= 0.6 is 11.6 Å². The highest BCUT2D eigenvalue weighted by Crippen LogP contribution is 2.40. The van der Waals surface area contributed by atoms with E-state index in [2.05, 4.69) is 0 Å². The van der Waals surface area contributed by atoms with Gasteiger partial charge in [-0.3, -0.25) is 4.79 Å². The highest BCUT2D eigenvalue weighted by atomic mass is 35.5. The molecule has 1 heterocycles. The highest BCUT2D eigenvalue weighted by molar-refractivity contribution is 6.30. The van der Waals surface area contributed by atoms with Gasteiger partial charge in [0.2, 0.25) is 5.78 Å². The van der Waals surface area contributed by atoms with Gasteiger partial charge in [-0.2, -0.15) is 0 Å². The van der Waals surface area contributed by atoms with Gasteiger partial charge in [0.1, 0.15) is 17.2 Å². The van der Waals surface area contributed by atoms with E-state index in [1.807, 2.05) is 18.2 Å². The van der Waals surface area contributed by atoms with Crippen molar-refractivity contribution in [3.05, 3.63) is 93.7 Å². The number of para-hydroxylation sites is 1. The van der Waals surface area contributed by atoms with Crippen LogP contribution in [0.4, 0.5) is 0 Å². The summed E-state index contributed by atoms with van der Waals surface area (Å²) in [7, 11) is 1.56. The first-order valence-electron chi connectivity index (χ1n) is 9.16. The molecule has 0 aromatic heterocycles. The van der Waals surface area contributed by atoms with Crippen molar-refractivity contribution < 1.29 is 23.8 Å². The molecule has 0 saturated heterocycles. The summed E-state index contributed by atoms with van der Waals surface area (Å²) in [5.74, 6) is 0.742. The fraction of sp³-hybridized carbons (Fsp3) is 0.0833. The quantitative estimate of drug-likeness (QED) is 0.317. The van der Waals surface area contributed by atoms with Crippen LogP contribution in [0, 0.1) is 6.92 Å². The zero-order chi connectivity index (χ0) is 21.3. The maximum absolute atomic E-state index is 12.8. The van der Waals surface area contributed by atoms with Gasteiger partial charge in [0.05, 0.1) is 18.2 Å². The largest absolute Gasteiger partial charge is 0.496 e. The second-order valence-corrected chi connectivity index (χ2v) is 7.08. The predicted molar refractivity (Wildman–Crippen MR) is 114 cm³/mol. The molecule has 30 heavy (non-hydrogen) atoms. The van der Waals surface area contributed by atoms with Crippen LogP contribution < -0.4 is 14.2 Å². The maximum Gasteiger partial charge on any atom is 0.343 e. The molecule has 0 bridgehead atoms. The Bertz CT molecular complexity index is 1180. The Kier molecular flexibility index (Phi) is 5.29. The van der Waals surface area contributed by atoms with Crippen LogP contribution in [0.3, 0.4) is 0 Å². The van der Waals surface area contributed by atoms with E-state index < -0.39 is 5.97 Å². The van der Waals surface area contributed by atoms with Crippen LogP contribution in [0.1, 0.15) is 31.8 Å². The summed E-state index contributed by atoms with van der Waals surface area (Å²) >= 11 is 5.86. The summed E-state index contributed by atoms with van der Waals surface area (Å²) in [6.07, 6.45) is 1.64. The number of benzene rings is 3. The molecule has 1 aliphatic rings. The van der Waals surface area contributed by atoms with Crippen molar-refractivity contribution in [2.75, 3.05) is 7.11 Å². The van der Waals surface area contributed by atoms with Gasteiger partial charge in [0.25, 0.3) is 0 Å². The van der Waals surface area contributed by atoms with Gasteiger partial charge in [0.15, 0.2) is 5.76 Å². The number of ether oxygens (including phenoxy) is 3. The van der Waals surface area contributed by atoms with Crippen molar-refractivity contribution in [3.8, 4) is 17.2 Å². The van der Waals surface area contributed by atoms with Gasteiger partial charge < -0.3 is 14.2 Å². The van der Waals surface area contributed by atoms with Gasteiger partial charge in [-0.15, -0.1) is 0 Å². The predicted octanol–water partition coefficient (Wildman–Crippen LogP) is 5.49. The van der Waals surface area contributed by atoms with E-state index in [1.54, 1.807) is 62.6 Å². The SMILES string of the molecule is COc1ccccc1/C=C1\Oc2c(ccc(OC(=O)c3ccc(Cl)cc3)c2C)C1=O. The first-order chi connectivity index (χ1) is 14.5. The normalized spacial score (nSPS) is 13.7. The number of hydrogen-bond acceptors (Lipinski definition) is 5. The van der Waals surface area contributed by atoms with Crippen LogP contribution in [0.5, 0.6) is 17.2 Å². The highest BCUT2D eigenvalue weighted by Gasteiger charge is 2.30. The average molecular weight is 421 g/mol. The number of carbonyl (C=O) groups excluding carboxylic acids is 2. The molecule has 0 fully saturated rings. The fourth-order valence-electron chi connectivity index (χ4n) is 3.15. The summed E-state index contributed by atoms with van der Waals surface area (Å²) in [6, 6.07) is 16.9. The molecule has 0 spiro atoms. The number of rotatable bonds is 4. The van der Waals surface area contributed by atoms with E-state index in [-0.39, 0.29) is 11.5 Å². The van der Waals surface area contributed by atoms with Crippen molar-refractivity contribution in [2.24, 2.45) is 0 Å². The van der Waals surface area contributed by atoms with Crippen molar-refractivity contribution >= 4 is 29.4 Å². The number of ketones is 1. The zero-order valence-corrected chi connectivity index (χ0v) is 17.0. The number of allylic oxidation sites excluding steroid dienone is 1. The third-order valence-corrected chi connectivity index (χ3v) is 5.00. The van der Waals surface area contributed by atoms with E-state index in [9.17, 15) is 9.59 Å². The molecule has 3 aromatic rings. The number of Topliss-reactive ketones (excluding diaryl/α,β-unsaturated/α-hetero) is 1. The standard InChI is InChI=1S/C24H17ClO5/c1-14-19(30-24(27)15-7-9-17(25)10-8-15)12-11-18-22(26)21(29-23(14)18)13-16-5-3-4-6-20(16)28-2/h3-13H,1-2H3/b21-13-. The molecule has 0 saturated carbocycles. The molecular formula is C24H17ClO5. The van der Waals surface area contributed by atoms with Crippen molar-refractivity contribution in [2.45, 2.75) is 6.92 Å². The first-order valence-corrected chi connectivity index (χ1v) is 9.54. The Morgan fingerprint density at radius 3 is 2.47 bits per heavy atom. The van der Waals surface area contributed by atoms with Gasteiger partial charge >= 0.3 is 5.97 Å². The molecule has 5 nitrogen and oxygen atoms in total. The molecule has 0 amide bonds. The van der Waals surface area contributed by atoms with Crippen molar-refractivity contribution in [3.63, 3.8) is 0 Å². The maximum atomic E-state index is 12.8. The molecular weight excluding hydrogens is 404 g/mol. The lowest BCUT2D eigenvalue weighted by Crippen LogP contribution is -2.09. The van der Waals surface area contributed by atoms with Gasteiger partial charge in [-0.05, 0) is 55.5 Å². The lowest BCUT2D eigenvalue weighted by atomic mass is 10.1. The molecule has 0 atom stereocenters. The molecule has 150 valence electrons. The Morgan fingerprint density at radius 2 is 1.73 bits per heavy atom. The van der Waals surface area contributed by atoms with E-state index in [0.29, 0.717) is 39.0 Å². The number of esters is 1. The van der Waals surface area contributed by atoms with E-state index in [4.69, 9.17) is 25.8 Å². The lowest BCUT2D eigenvalue weighted by Gasteiger charge is -2.10. The van der Waals surface area contributed by atoms with Crippen LogP contribution in [-0.4, -0.2) is 18.9 Å². The summed E-state index contributed by atoms with van der Waals surface area (Å²) < 4.78 is 16.7. The Labute approximate surface area is 178 Å².